The van der Waals surface area contributed by atoms with E-state index in [0.29, 0.717) is 0 Å². The van der Waals surface area contributed by atoms with E-state index in [2.05, 4.69) is 60.8 Å². The van der Waals surface area contributed by atoms with Crippen molar-refractivity contribution in [1.82, 2.24) is 25.5 Å². The number of hydrogen-bond acceptors (Lipinski definition) is 3. The lowest BCUT2D eigenvalue weighted by atomic mass is 10.1. The van der Waals surface area contributed by atoms with Gasteiger partial charge in [0.15, 0.2) is 5.96 Å². The zero-order chi connectivity index (χ0) is 20.6. The maximum atomic E-state index is 4.63. The van der Waals surface area contributed by atoms with Gasteiger partial charge in [-0.25, -0.2) is 4.98 Å². The molecule has 1 aliphatic heterocycles. The summed E-state index contributed by atoms with van der Waals surface area (Å²) in [4.78, 5) is 14.9. The van der Waals surface area contributed by atoms with Crippen molar-refractivity contribution < 1.29 is 0 Å². The lowest BCUT2D eigenvalue weighted by molar-refractivity contribution is 0.331. The fourth-order valence-corrected chi connectivity index (χ4v) is 3.95. The van der Waals surface area contributed by atoms with Gasteiger partial charge in [0.1, 0.15) is 5.82 Å². The molecule has 1 saturated heterocycles. The Hall–Kier alpha value is -2.86. The third kappa shape index (κ3) is 5.60. The smallest absolute Gasteiger partial charge is 0.191 e. The second-order valence-corrected chi connectivity index (χ2v) is 7.96. The topological polar surface area (TPSA) is 68.3 Å². The van der Waals surface area contributed by atoms with Gasteiger partial charge in [0.25, 0.3) is 0 Å². The van der Waals surface area contributed by atoms with Crippen LogP contribution < -0.4 is 10.6 Å². The molecule has 1 aliphatic rings. The summed E-state index contributed by atoms with van der Waals surface area (Å²) in [5.74, 6) is 1.87. The first kappa shape index (κ1) is 20.4. The average molecular weight is 405 g/mol. The Bertz CT molecular complexity index is 920. The number of benzene rings is 2. The Kier molecular flexibility index (Phi) is 6.98. The van der Waals surface area contributed by atoms with Crippen molar-refractivity contribution in [2.45, 2.75) is 38.8 Å². The molecule has 0 amide bonds. The first-order chi connectivity index (χ1) is 14.8. The third-order valence-electron chi connectivity index (χ3n) is 5.63. The quantitative estimate of drug-likeness (QED) is 0.306. The molecule has 6 heteroatoms. The molecule has 3 aromatic rings. The largest absolute Gasteiger partial charge is 0.356 e. The second-order valence-electron chi connectivity index (χ2n) is 7.96. The minimum atomic E-state index is 0.771. The van der Waals surface area contributed by atoms with Crippen molar-refractivity contribution in [3.63, 3.8) is 0 Å². The van der Waals surface area contributed by atoms with Crippen LogP contribution >= 0.6 is 0 Å². The molecule has 0 saturated carbocycles. The number of para-hydroxylation sites is 2. The van der Waals surface area contributed by atoms with Crippen LogP contribution in [0.15, 0.2) is 53.5 Å². The number of rotatable bonds is 8. The number of aromatic amines is 1. The second kappa shape index (κ2) is 10.3. The van der Waals surface area contributed by atoms with Gasteiger partial charge in [-0.05, 0) is 55.6 Å². The number of H-pyrrole nitrogens is 1. The van der Waals surface area contributed by atoms with Crippen LogP contribution in [0.25, 0.3) is 11.0 Å². The molecule has 1 aromatic heterocycles. The number of hydrogen-bond donors (Lipinski definition) is 3. The van der Waals surface area contributed by atoms with Crippen LogP contribution in [0.2, 0.25) is 0 Å². The van der Waals surface area contributed by atoms with Crippen LogP contribution in [0.5, 0.6) is 0 Å². The summed E-state index contributed by atoms with van der Waals surface area (Å²) in [5, 5.41) is 6.80. The highest BCUT2D eigenvalue weighted by Gasteiger charge is 2.11. The molecule has 158 valence electrons. The molecule has 4 rings (SSSR count). The van der Waals surface area contributed by atoms with Crippen molar-refractivity contribution in [3.05, 3.63) is 65.5 Å². The van der Waals surface area contributed by atoms with E-state index in [1.165, 1.54) is 37.1 Å². The van der Waals surface area contributed by atoms with E-state index in [1.54, 1.807) is 0 Å². The molecule has 6 nitrogen and oxygen atoms in total. The molecule has 3 N–H and O–H groups in total. The Balaban J connectivity index is 1.17. The number of nitrogens with zero attached hydrogens (tertiary/aromatic N) is 3. The lowest BCUT2D eigenvalue weighted by Crippen LogP contribution is -2.37. The number of likely N-dealkylation sites (tertiary alicyclic amines) is 1. The van der Waals surface area contributed by atoms with E-state index in [9.17, 15) is 0 Å². The Morgan fingerprint density at radius 1 is 1.03 bits per heavy atom. The van der Waals surface area contributed by atoms with E-state index in [-0.39, 0.29) is 0 Å². The zero-order valence-electron chi connectivity index (χ0n) is 17.8. The molecule has 0 aliphatic carbocycles. The number of aromatic nitrogens is 2. The predicted octanol–water partition coefficient (Wildman–Crippen LogP) is 3.46. The minimum Gasteiger partial charge on any atom is -0.356 e. The molecule has 0 radical (unpaired) electrons. The molecule has 2 aromatic carbocycles. The van der Waals surface area contributed by atoms with Crippen molar-refractivity contribution >= 4 is 17.0 Å². The summed E-state index contributed by atoms with van der Waals surface area (Å²) in [6, 6.07) is 17.1. The molecule has 0 bridgehead atoms. The van der Waals surface area contributed by atoms with Crippen molar-refractivity contribution in [3.8, 4) is 0 Å². The monoisotopic (exact) mass is 404 g/mol. The van der Waals surface area contributed by atoms with Crippen LogP contribution in [0, 0.1) is 0 Å². The number of guanidine groups is 1. The van der Waals surface area contributed by atoms with E-state index < -0.39 is 0 Å². The van der Waals surface area contributed by atoms with Gasteiger partial charge < -0.3 is 15.6 Å². The van der Waals surface area contributed by atoms with Crippen LogP contribution in [-0.2, 0) is 19.5 Å². The zero-order valence-corrected chi connectivity index (χ0v) is 17.8. The molecule has 1 fully saturated rings. The summed E-state index contributed by atoms with van der Waals surface area (Å²) in [5.41, 5.74) is 4.80. The molecule has 0 unspecified atom stereocenters. The average Bonchev–Trinajstić information content (AvgIpc) is 3.43. The van der Waals surface area contributed by atoms with Crippen LogP contribution in [-0.4, -0.2) is 47.5 Å². The highest BCUT2D eigenvalue weighted by molar-refractivity contribution is 5.79. The van der Waals surface area contributed by atoms with Gasteiger partial charge >= 0.3 is 0 Å². The van der Waals surface area contributed by atoms with Crippen LogP contribution in [0.4, 0.5) is 0 Å². The summed E-state index contributed by atoms with van der Waals surface area (Å²) < 4.78 is 0. The number of aryl methyl sites for hydroxylation is 1. The molecule has 0 atom stereocenters. The third-order valence-corrected chi connectivity index (χ3v) is 5.63. The highest BCUT2D eigenvalue weighted by Crippen LogP contribution is 2.13. The Labute approximate surface area is 178 Å². The molecular weight excluding hydrogens is 372 g/mol. The molecule has 2 heterocycles. The van der Waals surface area contributed by atoms with E-state index >= 15 is 0 Å². The maximum absolute atomic E-state index is 4.63. The number of imidazole rings is 1. The van der Waals surface area contributed by atoms with Gasteiger partial charge in [-0.3, -0.25) is 9.89 Å². The van der Waals surface area contributed by atoms with Crippen molar-refractivity contribution in [1.29, 1.82) is 0 Å². The molecule has 0 spiro atoms. The normalized spacial score (nSPS) is 15.0. The van der Waals surface area contributed by atoms with Crippen LogP contribution in [0.1, 0.15) is 36.2 Å². The van der Waals surface area contributed by atoms with Gasteiger partial charge in [-0.1, -0.05) is 36.4 Å². The van der Waals surface area contributed by atoms with Gasteiger partial charge in [0, 0.05) is 33.1 Å². The Morgan fingerprint density at radius 2 is 1.80 bits per heavy atom. The summed E-state index contributed by atoms with van der Waals surface area (Å²) >= 11 is 0. The maximum Gasteiger partial charge on any atom is 0.191 e. The summed E-state index contributed by atoms with van der Waals surface area (Å²) in [6.45, 7) is 5.17. The predicted molar refractivity (Wildman–Crippen MR) is 124 cm³/mol. The fourth-order valence-electron chi connectivity index (χ4n) is 3.95. The number of fused-ring (bicyclic) bond motifs is 1. The van der Waals surface area contributed by atoms with Gasteiger partial charge in [0.2, 0.25) is 0 Å². The summed E-state index contributed by atoms with van der Waals surface area (Å²) in [7, 11) is 1.81. The van der Waals surface area contributed by atoms with Crippen molar-refractivity contribution in [2.75, 3.05) is 26.7 Å². The van der Waals surface area contributed by atoms with Gasteiger partial charge in [-0.2, -0.15) is 0 Å². The lowest BCUT2D eigenvalue weighted by Gasteiger charge is -2.15. The number of aliphatic imine (C=N–C) groups is 1. The standard InChI is InChI=1S/C24H32N6/c1-25-24(26-14-6-9-23-28-21-7-2-3-8-22(21)29-23)27-17-19-10-12-20(13-11-19)18-30-15-4-5-16-30/h2-3,7-8,10-13H,4-6,9,14-18H2,1H3,(H,28,29)(H2,25,26,27). The SMILES string of the molecule is CN=C(NCCCc1nc2ccccc2[nH]1)NCc1ccc(CN2CCCC2)cc1. The highest BCUT2D eigenvalue weighted by atomic mass is 15.2. The summed E-state index contributed by atoms with van der Waals surface area (Å²) in [6.07, 6.45) is 4.59. The molecular formula is C24H32N6. The number of nitrogens with one attached hydrogen (secondary N) is 3. The van der Waals surface area contributed by atoms with Crippen molar-refractivity contribution in [2.24, 2.45) is 4.99 Å². The fraction of sp³-hybridized carbons (Fsp3) is 0.417. The van der Waals surface area contributed by atoms with Gasteiger partial charge in [0.05, 0.1) is 11.0 Å². The van der Waals surface area contributed by atoms with E-state index in [4.69, 9.17) is 0 Å². The van der Waals surface area contributed by atoms with Crippen LogP contribution in [0.3, 0.4) is 0 Å². The first-order valence-corrected chi connectivity index (χ1v) is 11.0. The molecule has 30 heavy (non-hydrogen) atoms. The van der Waals surface area contributed by atoms with E-state index in [0.717, 1.165) is 55.3 Å². The van der Waals surface area contributed by atoms with E-state index in [1.807, 2.05) is 25.2 Å². The van der Waals surface area contributed by atoms with Gasteiger partial charge in [-0.15, -0.1) is 0 Å². The minimum absolute atomic E-state index is 0.771. The first-order valence-electron chi connectivity index (χ1n) is 11.0. The Morgan fingerprint density at radius 3 is 2.57 bits per heavy atom.